The van der Waals surface area contributed by atoms with Crippen molar-refractivity contribution >= 4 is 15.9 Å². The maximum absolute atomic E-state index is 11.7. The van der Waals surface area contributed by atoms with E-state index in [1.54, 1.807) is 0 Å². The SMILES string of the molecule is NS(=O)(=O)N1CC2(CCNCC2)c2ccccc21. The summed E-state index contributed by atoms with van der Waals surface area (Å²) in [5.41, 5.74) is 1.82. The quantitative estimate of drug-likeness (QED) is 0.770. The van der Waals surface area contributed by atoms with Crippen LogP contribution in [-0.2, 0) is 15.6 Å². The molecule has 0 saturated carbocycles. The van der Waals surface area contributed by atoms with E-state index < -0.39 is 10.2 Å². The third-order valence-corrected chi connectivity index (χ3v) is 5.00. The summed E-state index contributed by atoms with van der Waals surface area (Å²) in [6.45, 7) is 2.33. The van der Waals surface area contributed by atoms with Crippen LogP contribution in [0.1, 0.15) is 18.4 Å². The molecule has 0 atom stereocenters. The van der Waals surface area contributed by atoms with Gasteiger partial charge < -0.3 is 5.32 Å². The molecule has 1 spiro atoms. The van der Waals surface area contributed by atoms with Gasteiger partial charge in [-0.3, -0.25) is 4.31 Å². The van der Waals surface area contributed by atoms with Crippen molar-refractivity contribution in [3.05, 3.63) is 29.8 Å². The van der Waals surface area contributed by atoms with E-state index in [1.165, 1.54) is 4.31 Å². The van der Waals surface area contributed by atoms with Gasteiger partial charge in [0.15, 0.2) is 0 Å². The van der Waals surface area contributed by atoms with Crippen LogP contribution in [0, 0.1) is 0 Å². The van der Waals surface area contributed by atoms with Gasteiger partial charge in [0.05, 0.1) is 5.69 Å². The summed E-state index contributed by atoms with van der Waals surface area (Å²) in [5.74, 6) is 0. The molecule has 1 aromatic rings. The normalized spacial score (nSPS) is 22.2. The fourth-order valence-electron chi connectivity index (χ4n) is 3.14. The van der Waals surface area contributed by atoms with Crippen molar-refractivity contribution in [3.8, 4) is 0 Å². The summed E-state index contributed by atoms with van der Waals surface area (Å²) in [6.07, 6.45) is 1.91. The minimum absolute atomic E-state index is 0.0612. The number of fused-ring (bicyclic) bond motifs is 2. The van der Waals surface area contributed by atoms with Crippen molar-refractivity contribution in [1.29, 1.82) is 0 Å². The van der Waals surface area contributed by atoms with Crippen LogP contribution in [0.2, 0.25) is 0 Å². The molecule has 2 aliphatic heterocycles. The summed E-state index contributed by atoms with van der Waals surface area (Å²) >= 11 is 0. The Morgan fingerprint density at radius 1 is 1.22 bits per heavy atom. The zero-order chi connectivity index (χ0) is 12.8. The van der Waals surface area contributed by atoms with Crippen molar-refractivity contribution in [2.45, 2.75) is 18.3 Å². The topological polar surface area (TPSA) is 75.4 Å². The van der Waals surface area contributed by atoms with Gasteiger partial charge in [0.1, 0.15) is 0 Å². The van der Waals surface area contributed by atoms with Gasteiger partial charge in [0.2, 0.25) is 0 Å². The first-order valence-corrected chi connectivity index (χ1v) is 7.64. The first-order chi connectivity index (χ1) is 8.53. The lowest BCUT2D eigenvalue weighted by atomic mass is 9.75. The van der Waals surface area contributed by atoms with Gasteiger partial charge in [-0.2, -0.15) is 8.42 Å². The van der Waals surface area contributed by atoms with Crippen molar-refractivity contribution in [2.75, 3.05) is 23.9 Å². The molecule has 3 N–H and O–H groups in total. The number of anilines is 1. The molecular formula is C12H17N3O2S. The van der Waals surface area contributed by atoms with E-state index in [2.05, 4.69) is 5.32 Å². The van der Waals surface area contributed by atoms with Crippen LogP contribution in [-0.4, -0.2) is 28.1 Å². The van der Waals surface area contributed by atoms with E-state index in [9.17, 15) is 8.42 Å². The second-order valence-corrected chi connectivity index (χ2v) is 6.57. The fourth-order valence-corrected chi connectivity index (χ4v) is 4.01. The molecule has 98 valence electrons. The van der Waals surface area contributed by atoms with Crippen LogP contribution >= 0.6 is 0 Å². The lowest BCUT2D eigenvalue weighted by Crippen LogP contribution is -2.45. The van der Waals surface area contributed by atoms with Gasteiger partial charge in [-0.05, 0) is 37.6 Å². The highest BCUT2D eigenvalue weighted by atomic mass is 32.2. The van der Waals surface area contributed by atoms with Crippen molar-refractivity contribution < 1.29 is 8.42 Å². The molecule has 0 aliphatic carbocycles. The summed E-state index contributed by atoms with van der Waals surface area (Å²) in [5, 5.41) is 8.65. The number of benzene rings is 1. The molecule has 2 aliphatic rings. The number of rotatable bonds is 1. The number of hydrogen-bond donors (Lipinski definition) is 2. The third kappa shape index (κ3) is 1.72. The molecule has 1 aromatic carbocycles. The molecule has 0 amide bonds. The molecule has 0 unspecified atom stereocenters. The molecule has 0 bridgehead atoms. The lowest BCUT2D eigenvalue weighted by molar-refractivity contribution is 0.330. The van der Waals surface area contributed by atoms with Crippen LogP contribution in [0.15, 0.2) is 24.3 Å². The van der Waals surface area contributed by atoms with Crippen LogP contribution in [0.4, 0.5) is 5.69 Å². The Bertz CT molecular complexity index is 564. The Balaban J connectivity index is 2.12. The highest BCUT2D eigenvalue weighted by Crippen LogP contribution is 2.46. The molecule has 3 rings (SSSR count). The van der Waals surface area contributed by atoms with Crippen LogP contribution in [0.3, 0.4) is 0 Å². The largest absolute Gasteiger partial charge is 0.317 e. The Labute approximate surface area is 107 Å². The number of nitrogens with zero attached hydrogens (tertiary/aromatic N) is 1. The minimum atomic E-state index is -3.68. The average Bonchev–Trinajstić information content (AvgIpc) is 2.66. The zero-order valence-electron chi connectivity index (χ0n) is 10.1. The molecule has 18 heavy (non-hydrogen) atoms. The fraction of sp³-hybridized carbons (Fsp3) is 0.500. The molecule has 1 saturated heterocycles. The van der Waals surface area contributed by atoms with E-state index in [1.807, 2.05) is 24.3 Å². The van der Waals surface area contributed by atoms with E-state index in [4.69, 9.17) is 5.14 Å². The smallest absolute Gasteiger partial charge is 0.299 e. The van der Waals surface area contributed by atoms with Crippen molar-refractivity contribution in [2.24, 2.45) is 5.14 Å². The van der Waals surface area contributed by atoms with Gasteiger partial charge in [-0.25, -0.2) is 5.14 Å². The number of hydrogen-bond acceptors (Lipinski definition) is 3. The first kappa shape index (κ1) is 12.0. The summed E-state index contributed by atoms with van der Waals surface area (Å²) < 4.78 is 24.8. The van der Waals surface area contributed by atoms with E-state index in [0.717, 1.165) is 37.2 Å². The number of piperidine rings is 1. The highest BCUT2D eigenvalue weighted by molar-refractivity contribution is 7.90. The Morgan fingerprint density at radius 3 is 2.56 bits per heavy atom. The monoisotopic (exact) mass is 267 g/mol. The standard InChI is InChI=1S/C12H17N3O2S/c13-18(16,17)15-9-12(5-7-14-8-6-12)10-3-1-2-4-11(10)15/h1-4,14H,5-9H2,(H2,13,16,17). The van der Waals surface area contributed by atoms with Crippen molar-refractivity contribution in [3.63, 3.8) is 0 Å². The Hall–Kier alpha value is -1.11. The number of nitrogens with two attached hydrogens (primary N) is 1. The number of para-hydroxylation sites is 1. The molecule has 6 heteroatoms. The second kappa shape index (κ2) is 3.94. The molecule has 5 nitrogen and oxygen atoms in total. The maximum Gasteiger partial charge on any atom is 0.299 e. The van der Waals surface area contributed by atoms with Crippen LogP contribution in [0.5, 0.6) is 0 Å². The van der Waals surface area contributed by atoms with E-state index in [0.29, 0.717) is 6.54 Å². The number of nitrogens with one attached hydrogen (secondary N) is 1. The predicted octanol–water partition coefficient (Wildman–Crippen LogP) is 0.331. The Kier molecular flexibility index (Phi) is 2.62. The van der Waals surface area contributed by atoms with Gasteiger partial charge >= 0.3 is 0 Å². The molecule has 2 heterocycles. The van der Waals surface area contributed by atoms with E-state index >= 15 is 0 Å². The molecular weight excluding hydrogens is 250 g/mol. The van der Waals surface area contributed by atoms with Gasteiger partial charge in [0, 0.05) is 12.0 Å². The second-order valence-electron chi connectivity index (χ2n) is 5.10. The third-order valence-electron chi connectivity index (χ3n) is 4.06. The van der Waals surface area contributed by atoms with Gasteiger partial charge in [-0.1, -0.05) is 18.2 Å². The molecule has 1 fully saturated rings. The van der Waals surface area contributed by atoms with Crippen molar-refractivity contribution in [1.82, 2.24) is 5.32 Å². The van der Waals surface area contributed by atoms with E-state index in [-0.39, 0.29) is 5.41 Å². The lowest BCUT2D eigenvalue weighted by Gasteiger charge is -2.34. The molecule has 0 aromatic heterocycles. The summed E-state index contributed by atoms with van der Waals surface area (Å²) in [4.78, 5) is 0. The zero-order valence-corrected chi connectivity index (χ0v) is 10.9. The average molecular weight is 267 g/mol. The minimum Gasteiger partial charge on any atom is -0.317 e. The highest BCUT2D eigenvalue weighted by Gasteiger charge is 2.45. The van der Waals surface area contributed by atoms with Crippen LogP contribution in [0.25, 0.3) is 0 Å². The Morgan fingerprint density at radius 2 is 1.89 bits per heavy atom. The summed E-state index contributed by atoms with van der Waals surface area (Å²) in [7, 11) is -3.68. The summed E-state index contributed by atoms with van der Waals surface area (Å²) in [6, 6.07) is 7.70. The predicted molar refractivity (Wildman–Crippen MR) is 70.7 cm³/mol. The first-order valence-electron chi connectivity index (χ1n) is 6.14. The van der Waals surface area contributed by atoms with Gasteiger partial charge in [0.25, 0.3) is 10.2 Å². The van der Waals surface area contributed by atoms with Gasteiger partial charge in [-0.15, -0.1) is 0 Å². The van der Waals surface area contributed by atoms with Crippen LogP contribution < -0.4 is 14.8 Å². The molecule has 0 radical (unpaired) electrons. The maximum atomic E-state index is 11.7.